The number of phenolic OH excluding ortho intramolecular Hbond substituents is 1. The average Bonchev–Trinajstić information content (AvgIpc) is 2.56. The van der Waals surface area contributed by atoms with Crippen molar-refractivity contribution in [1.82, 2.24) is 4.90 Å². The van der Waals surface area contributed by atoms with E-state index in [1.165, 1.54) is 11.0 Å². The second-order valence-electron chi connectivity index (χ2n) is 5.45. The summed E-state index contributed by atoms with van der Waals surface area (Å²) in [6, 6.07) is 12.0. The predicted molar refractivity (Wildman–Crippen MR) is 96.8 cm³/mol. The molecule has 24 heavy (non-hydrogen) atoms. The van der Waals surface area contributed by atoms with E-state index in [4.69, 9.17) is 0 Å². The van der Waals surface area contributed by atoms with Crippen LogP contribution in [-0.2, 0) is 6.42 Å². The van der Waals surface area contributed by atoms with E-state index in [-0.39, 0.29) is 22.5 Å². The van der Waals surface area contributed by atoms with Crippen molar-refractivity contribution >= 4 is 28.6 Å². The molecule has 0 spiro atoms. The molecule has 5 nitrogen and oxygen atoms in total. The number of anilines is 1. The number of amides is 2. The molecule has 2 aromatic carbocycles. The van der Waals surface area contributed by atoms with Crippen LogP contribution in [0.25, 0.3) is 0 Å². The topological polar surface area (TPSA) is 69.6 Å². The van der Waals surface area contributed by atoms with Crippen LogP contribution < -0.4 is 5.32 Å². The highest BCUT2D eigenvalue weighted by Gasteiger charge is 2.12. The number of thioether (sulfide) groups is 1. The largest absolute Gasteiger partial charge is 0.507 e. The van der Waals surface area contributed by atoms with E-state index in [0.29, 0.717) is 5.69 Å². The van der Waals surface area contributed by atoms with Gasteiger partial charge in [0, 0.05) is 24.7 Å². The number of carbonyl (C=O) groups is 2. The van der Waals surface area contributed by atoms with Gasteiger partial charge in [-0.05, 0) is 60.1 Å². The summed E-state index contributed by atoms with van der Waals surface area (Å²) < 4.78 is 0. The Morgan fingerprint density at radius 2 is 1.79 bits per heavy atom. The second kappa shape index (κ2) is 7.88. The Morgan fingerprint density at radius 3 is 2.38 bits per heavy atom. The number of rotatable bonds is 4. The molecule has 6 heteroatoms. The van der Waals surface area contributed by atoms with Crippen LogP contribution in [0.4, 0.5) is 10.5 Å². The number of carbonyl (C=O) groups excluding carboxylic acids is 2. The van der Waals surface area contributed by atoms with Gasteiger partial charge in [-0.2, -0.15) is 0 Å². The Hall–Kier alpha value is -2.47. The highest BCUT2D eigenvalue weighted by Crippen LogP contribution is 2.24. The van der Waals surface area contributed by atoms with Gasteiger partial charge in [0.05, 0.1) is 5.56 Å². The number of hydrogen-bond donors (Lipinski definition) is 2. The van der Waals surface area contributed by atoms with E-state index in [1.54, 1.807) is 50.5 Å². The molecule has 126 valence electrons. The Labute approximate surface area is 145 Å². The standard InChI is InChI=1S/C18H20N2O3S/c1-4-12-5-10-16(21)15(11-12)17(22)19-13-6-8-14(9-7-13)24-18(23)20(2)3/h5-11,21H,4H2,1-3H3,(H,19,22). The lowest BCUT2D eigenvalue weighted by molar-refractivity contribution is 0.102. The van der Waals surface area contributed by atoms with Gasteiger partial charge in [0.1, 0.15) is 5.75 Å². The normalized spacial score (nSPS) is 10.3. The van der Waals surface area contributed by atoms with Gasteiger partial charge in [0.25, 0.3) is 11.1 Å². The third-order valence-electron chi connectivity index (χ3n) is 3.40. The van der Waals surface area contributed by atoms with Crippen molar-refractivity contribution in [3.63, 3.8) is 0 Å². The van der Waals surface area contributed by atoms with Crippen molar-refractivity contribution in [3.8, 4) is 5.75 Å². The number of nitrogens with zero attached hydrogens (tertiary/aromatic N) is 1. The maximum Gasteiger partial charge on any atom is 0.285 e. The summed E-state index contributed by atoms with van der Waals surface area (Å²) in [5.74, 6) is -0.416. The van der Waals surface area contributed by atoms with Crippen molar-refractivity contribution in [3.05, 3.63) is 53.6 Å². The van der Waals surface area contributed by atoms with Gasteiger partial charge >= 0.3 is 0 Å². The monoisotopic (exact) mass is 344 g/mol. The molecule has 0 saturated carbocycles. The summed E-state index contributed by atoms with van der Waals surface area (Å²) in [7, 11) is 3.39. The van der Waals surface area contributed by atoms with E-state index in [2.05, 4.69) is 5.32 Å². The molecule has 0 heterocycles. The molecule has 2 aromatic rings. The summed E-state index contributed by atoms with van der Waals surface area (Å²) in [6.45, 7) is 1.99. The fourth-order valence-electron chi connectivity index (χ4n) is 1.98. The quantitative estimate of drug-likeness (QED) is 0.823. The third-order valence-corrected chi connectivity index (χ3v) is 4.44. The van der Waals surface area contributed by atoms with Crippen molar-refractivity contribution in [2.45, 2.75) is 18.2 Å². The van der Waals surface area contributed by atoms with E-state index < -0.39 is 0 Å². The van der Waals surface area contributed by atoms with Gasteiger partial charge in [-0.1, -0.05) is 13.0 Å². The van der Waals surface area contributed by atoms with Crippen molar-refractivity contribution in [1.29, 1.82) is 0 Å². The maximum atomic E-state index is 12.3. The van der Waals surface area contributed by atoms with Crippen LogP contribution in [0.2, 0.25) is 0 Å². The molecule has 0 bridgehead atoms. The summed E-state index contributed by atoms with van der Waals surface area (Å²) in [5.41, 5.74) is 1.82. The molecule has 0 aliphatic heterocycles. The summed E-state index contributed by atoms with van der Waals surface area (Å²) in [6.07, 6.45) is 0.784. The molecule has 0 atom stereocenters. The zero-order valence-electron chi connectivity index (χ0n) is 13.9. The number of nitrogens with one attached hydrogen (secondary N) is 1. The first-order chi connectivity index (χ1) is 11.4. The average molecular weight is 344 g/mol. The van der Waals surface area contributed by atoms with Crippen LogP contribution >= 0.6 is 11.8 Å². The molecule has 0 aromatic heterocycles. The molecular weight excluding hydrogens is 324 g/mol. The van der Waals surface area contributed by atoms with E-state index >= 15 is 0 Å². The number of phenols is 1. The van der Waals surface area contributed by atoms with Crippen LogP contribution in [0.3, 0.4) is 0 Å². The van der Waals surface area contributed by atoms with Gasteiger partial charge < -0.3 is 15.3 Å². The Balaban J connectivity index is 2.08. The number of aryl methyl sites for hydroxylation is 1. The summed E-state index contributed by atoms with van der Waals surface area (Å²) >= 11 is 1.12. The molecule has 0 aliphatic carbocycles. The van der Waals surface area contributed by atoms with Crippen LogP contribution in [0.15, 0.2) is 47.4 Å². The Kier molecular flexibility index (Phi) is 5.87. The first-order valence-electron chi connectivity index (χ1n) is 7.53. The molecule has 2 amide bonds. The molecule has 2 rings (SSSR count). The van der Waals surface area contributed by atoms with Crippen LogP contribution in [0.1, 0.15) is 22.8 Å². The van der Waals surface area contributed by atoms with E-state index in [1.807, 2.05) is 6.92 Å². The highest BCUT2D eigenvalue weighted by molar-refractivity contribution is 8.13. The van der Waals surface area contributed by atoms with Crippen molar-refractivity contribution < 1.29 is 14.7 Å². The lowest BCUT2D eigenvalue weighted by Gasteiger charge is -2.10. The van der Waals surface area contributed by atoms with Gasteiger partial charge in [0.2, 0.25) is 0 Å². The van der Waals surface area contributed by atoms with Crippen LogP contribution in [-0.4, -0.2) is 35.2 Å². The number of benzene rings is 2. The predicted octanol–water partition coefficient (Wildman–Crippen LogP) is 3.98. The first kappa shape index (κ1) is 17.9. The minimum atomic E-state index is -0.368. The van der Waals surface area contributed by atoms with Gasteiger partial charge in [-0.25, -0.2) is 0 Å². The smallest absolute Gasteiger partial charge is 0.285 e. The molecule has 0 fully saturated rings. The SMILES string of the molecule is CCc1ccc(O)c(C(=O)Nc2ccc(SC(=O)N(C)C)cc2)c1. The minimum Gasteiger partial charge on any atom is -0.507 e. The van der Waals surface area contributed by atoms with Crippen LogP contribution in [0, 0.1) is 0 Å². The molecule has 0 unspecified atom stereocenters. The fraction of sp³-hybridized carbons (Fsp3) is 0.222. The highest BCUT2D eigenvalue weighted by atomic mass is 32.2. The maximum absolute atomic E-state index is 12.3. The fourth-order valence-corrected chi connectivity index (χ4v) is 2.64. The minimum absolute atomic E-state index is 0.0477. The molecular formula is C18H20N2O3S. The third kappa shape index (κ3) is 4.52. The zero-order chi connectivity index (χ0) is 17.7. The van der Waals surface area contributed by atoms with E-state index in [0.717, 1.165) is 28.6 Å². The van der Waals surface area contributed by atoms with Crippen molar-refractivity contribution in [2.24, 2.45) is 0 Å². The van der Waals surface area contributed by atoms with E-state index in [9.17, 15) is 14.7 Å². The number of hydrogen-bond acceptors (Lipinski definition) is 4. The summed E-state index contributed by atoms with van der Waals surface area (Å²) in [4.78, 5) is 26.3. The lowest BCUT2D eigenvalue weighted by Crippen LogP contribution is -2.16. The molecule has 2 N–H and O–H groups in total. The lowest BCUT2D eigenvalue weighted by atomic mass is 10.1. The molecule has 0 saturated heterocycles. The zero-order valence-corrected chi connectivity index (χ0v) is 14.7. The molecule has 0 radical (unpaired) electrons. The Bertz CT molecular complexity index is 742. The van der Waals surface area contributed by atoms with Crippen molar-refractivity contribution in [2.75, 3.05) is 19.4 Å². The van der Waals surface area contributed by atoms with Gasteiger partial charge in [0.15, 0.2) is 0 Å². The second-order valence-corrected chi connectivity index (χ2v) is 6.47. The number of aromatic hydroxyl groups is 1. The molecule has 0 aliphatic rings. The van der Waals surface area contributed by atoms with Crippen LogP contribution in [0.5, 0.6) is 5.75 Å². The van der Waals surface area contributed by atoms with Gasteiger partial charge in [-0.15, -0.1) is 0 Å². The summed E-state index contributed by atoms with van der Waals surface area (Å²) in [5, 5.41) is 12.6. The Morgan fingerprint density at radius 1 is 1.12 bits per heavy atom. The van der Waals surface area contributed by atoms with Gasteiger partial charge in [-0.3, -0.25) is 9.59 Å². The first-order valence-corrected chi connectivity index (χ1v) is 8.34.